The van der Waals surface area contributed by atoms with Gasteiger partial charge in [-0.05, 0) is 60.0 Å². The molecule has 1 amide bonds. The zero-order valence-corrected chi connectivity index (χ0v) is 18.4. The molecule has 0 atom stereocenters. The molecule has 9 heteroatoms. The first-order chi connectivity index (χ1) is 14.2. The first-order valence-electron chi connectivity index (χ1n) is 8.93. The predicted molar refractivity (Wildman–Crippen MR) is 121 cm³/mol. The van der Waals surface area contributed by atoms with Gasteiger partial charge in [-0.15, -0.1) is 0 Å². The van der Waals surface area contributed by atoms with E-state index < -0.39 is 22.5 Å². The highest BCUT2D eigenvalue weighted by Gasteiger charge is 2.23. The number of sulfonamides is 1. The Bertz CT molecular complexity index is 1140. The van der Waals surface area contributed by atoms with Crippen molar-refractivity contribution in [1.82, 2.24) is 4.98 Å². The molecular weight excluding hydrogens is 445 g/mol. The van der Waals surface area contributed by atoms with Crippen LogP contribution in [-0.2, 0) is 21.2 Å². The Kier molecular flexibility index (Phi) is 6.97. The lowest BCUT2D eigenvalue weighted by atomic mass is 10.1. The number of carbonyl (C=O) groups excluding carboxylic acids is 1. The second-order valence-corrected chi connectivity index (χ2v) is 9.39. The van der Waals surface area contributed by atoms with Crippen molar-refractivity contribution < 1.29 is 13.2 Å². The molecule has 6 nitrogen and oxygen atoms in total. The molecule has 0 aliphatic heterocycles. The molecule has 1 aromatic heterocycles. The van der Waals surface area contributed by atoms with E-state index in [0.29, 0.717) is 10.7 Å². The molecule has 0 bridgehead atoms. The second kappa shape index (κ2) is 9.47. The molecule has 30 heavy (non-hydrogen) atoms. The normalized spacial score (nSPS) is 11.2. The van der Waals surface area contributed by atoms with Gasteiger partial charge in [0.25, 0.3) is 0 Å². The number of anilines is 2. The lowest BCUT2D eigenvalue weighted by molar-refractivity contribution is -0.114. The minimum absolute atomic E-state index is 0.148. The molecule has 0 radical (unpaired) electrons. The summed E-state index contributed by atoms with van der Waals surface area (Å²) in [5, 5.41) is 3.20. The van der Waals surface area contributed by atoms with E-state index in [1.54, 1.807) is 30.6 Å². The molecule has 1 heterocycles. The first kappa shape index (κ1) is 22.1. The summed E-state index contributed by atoms with van der Waals surface area (Å²) in [6.45, 7) is -0.433. The summed E-state index contributed by atoms with van der Waals surface area (Å²) < 4.78 is 25.4. The summed E-state index contributed by atoms with van der Waals surface area (Å²) in [6.07, 6.45) is 5.23. The molecule has 0 saturated heterocycles. The van der Waals surface area contributed by atoms with Gasteiger partial charge in [0.2, 0.25) is 15.9 Å². The monoisotopic (exact) mass is 463 g/mol. The van der Waals surface area contributed by atoms with Gasteiger partial charge in [0.15, 0.2) is 0 Å². The third-order valence-corrected chi connectivity index (χ3v) is 5.94. The summed E-state index contributed by atoms with van der Waals surface area (Å²) in [5.41, 5.74) is 2.91. The number of rotatable bonds is 7. The summed E-state index contributed by atoms with van der Waals surface area (Å²) in [4.78, 5) is 16.5. The molecule has 0 aliphatic carbocycles. The SMILES string of the molecule is CS(=O)(=O)N(CC(=O)Nc1ccc(Cc2ccncc2)cc1)c1cc(Cl)ccc1Cl. The lowest BCUT2D eigenvalue weighted by Crippen LogP contribution is -2.37. The van der Waals surface area contributed by atoms with Crippen molar-refractivity contribution in [3.63, 3.8) is 0 Å². The molecule has 0 aliphatic rings. The van der Waals surface area contributed by atoms with Gasteiger partial charge in [0.05, 0.1) is 17.0 Å². The summed E-state index contributed by atoms with van der Waals surface area (Å²) >= 11 is 12.1. The Morgan fingerprint density at radius 2 is 1.63 bits per heavy atom. The number of hydrogen-bond donors (Lipinski definition) is 1. The average molecular weight is 464 g/mol. The standard InChI is InChI=1S/C21H19Cl2N3O3S/c1-30(28,29)26(20-13-17(22)4-7-19(20)23)14-21(27)25-18-5-2-15(3-6-18)12-16-8-10-24-11-9-16/h2-11,13H,12,14H2,1H3,(H,25,27). The fourth-order valence-electron chi connectivity index (χ4n) is 2.83. The highest BCUT2D eigenvalue weighted by molar-refractivity contribution is 7.92. The molecular formula is C21H19Cl2N3O3S. The van der Waals surface area contributed by atoms with Crippen LogP contribution in [0.15, 0.2) is 67.0 Å². The number of hydrogen-bond acceptors (Lipinski definition) is 4. The molecule has 156 valence electrons. The van der Waals surface area contributed by atoms with Crippen molar-refractivity contribution >= 4 is 50.5 Å². The van der Waals surface area contributed by atoms with Crippen molar-refractivity contribution in [2.24, 2.45) is 0 Å². The average Bonchev–Trinajstić information content (AvgIpc) is 2.70. The summed E-state index contributed by atoms with van der Waals surface area (Å²) in [6, 6.07) is 15.7. The third kappa shape index (κ3) is 5.95. The third-order valence-electron chi connectivity index (χ3n) is 4.26. The number of halogens is 2. The number of benzene rings is 2. The molecule has 0 saturated carbocycles. The van der Waals surface area contributed by atoms with Crippen LogP contribution in [0, 0.1) is 0 Å². The second-order valence-electron chi connectivity index (χ2n) is 6.64. The van der Waals surface area contributed by atoms with Crippen LogP contribution in [0.5, 0.6) is 0 Å². The number of nitrogens with one attached hydrogen (secondary N) is 1. The van der Waals surface area contributed by atoms with Gasteiger partial charge in [-0.3, -0.25) is 14.1 Å². The molecule has 0 fully saturated rings. The number of aromatic nitrogens is 1. The highest BCUT2D eigenvalue weighted by atomic mass is 35.5. The van der Waals surface area contributed by atoms with Gasteiger partial charge in [-0.1, -0.05) is 35.3 Å². The Morgan fingerprint density at radius 3 is 2.27 bits per heavy atom. The lowest BCUT2D eigenvalue weighted by Gasteiger charge is -2.23. The molecule has 2 aromatic carbocycles. The van der Waals surface area contributed by atoms with Gasteiger partial charge in [0.1, 0.15) is 6.54 Å². The van der Waals surface area contributed by atoms with Crippen LogP contribution in [0.3, 0.4) is 0 Å². The van der Waals surface area contributed by atoms with Crippen LogP contribution in [0.4, 0.5) is 11.4 Å². The van der Waals surface area contributed by atoms with Gasteiger partial charge >= 0.3 is 0 Å². The molecule has 0 spiro atoms. The summed E-state index contributed by atoms with van der Waals surface area (Å²) in [7, 11) is -3.76. The van der Waals surface area contributed by atoms with E-state index in [-0.39, 0.29) is 10.7 Å². The number of pyridine rings is 1. The van der Waals surface area contributed by atoms with E-state index in [1.807, 2.05) is 24.3 Å². The molecule has 3 rings (SSSR count). The van der Waals surface area contributed by atoms with Crippen molar-refractivity contribution in [1.29, 1.82) is 0 Å². The number of amides is 1. The zero-order chi connectivity index (χ0) is 21.7. The largest absolute Gasteiger partial charge is 0.325 e. The van der Waals surface area contributed by atoms with Gasteiger partial charge in [-0.25, -0.2) is 8.42 Å². The van der Waals surface area contributed by atoms with E-state index in [4.69, 9.17) is 23.2 Å². The molecule has 1 N–H and O–H groups in total. The van der Waals surface area contributed by atoms with Crippen LogP contribution in [-0.4, -0.2) is 32.1 Å². The van der Waals surface area contributed by atoms with Crippen molar-refractivity contribution in [3.8, 4) is 0 Å². The van der Waals surface area contributed by atoms with Crippen LogP contribution in [0.1, 0.15) is 11.1 Å². The topological polar surface area (TPSA) is 79.4 Å². The zero-order valence-electron chi connectivity index (χ0n) is 16.0. The van der Waals surface area contributed by atoms with Gasteiger partial charge in [0, 0.05) is 23.1 Å². The van der Waals surface area contributed by atoms with Crippen LogP contribution in [0.25, 0.3) is 0 Å². The van der Waals surface area contributed by atoms with Crippen LogP contribution in [0.2, 0.25) is 10.0 Å². The Hall–Kier alpha value is -2.61. The Labute approximate surface area is 185 Å². The van der Waals surface area contributed by atoms with Crippen LogP contribution < -0.4 is 9.62 Å². The number of carbonyl (C=O) groups is 1. The highest BCUT2D eigenvalue weighted by Crippen LogP contribution is 2.30. The van der Waals surface area contributed by atoms with Crippen molar-refractivity contribution in [2.75, 3.05) is 22.4 Å². The van der Waals surface area contributed by atoms with Crippen molar-refractivity contribution in [2.45, 2.75) is 6.42 Å². The fourth-order valence-corrected chi connectivity index (χ4v) is 4.13. The fraction of sp³-hybridized carbons (Fsp3) is 0.143. The van der Waals surface area contributed by atoms with E-state index >= 15 is 0 Å². The smallest absolute Gasteiger partial charge is 0.245 e. The Balaban J connectivity index is 1.70. The van der Waals surface area contributed by atoms with E-state index in [2.05, 4.69) is 10.3 Å². The quantitative estimate of drug-likeness (QED) is 0.563. The van der Waals surface area contributed by atoms with Crippen LogP contribution >= 0.6 is 23.2 Å². The minimum atomic E-state index is -3.76. The summed E-state index contributed by atoms with van der Waals surface area (Å²) in [5.74, 6) is -0.502. The maximum atomic E-state index is 12.5. The maximum Gasteiger partial charge on any atom is 0.245 e. The van der Waals surface area contributed by atoms with Gasteiger partial charge in [-0.2, -0.15) is 0 Å². The van der Waals surface area contributed by atoms with Crippen molar-refractivity contribution in [3.05, 3.63) is 88.2 Å². The predicted octanol–water partition coefficient (Wildman–Crippen LogP) is 4.38. The minimum Gasteiger partial charge on any atom is -0.325 e. The van der Waals surface area contributed by atoms with E-state index in [1.165, 1.54) is 12.1 Å². The van der Waals surface area contributed by atoms with Gasteiger partial charge < -0.3 is 5.32 Å². The van der Waals surface area contributed by atoms with E-state index in [9.17, 15) is 13.2 Å². The Morgan fingerprint density at radius 1 is 1.00 bits per heavy atom. The first-order valence-corrected chi connectivity index (χ1v) is 11.5. The maximum absolute atomic E-state index is 12.5. The van der Waals surface area contributed by atoms with E-state index in [0.717, 1.165) is 28.1 Å². The number of nitrogens with zero attached hydrogens (tertiary/aromatic N) is 2. The molecule has 3 aromatic rings. The molecule has 0 unspecified atom stereocenters.